The van der Waals surface area contributed by atoms with Crippen molar-refractivity contribution in [1.82, 2.24) is 10.2 Å². The van der Waals surface area contributed by atoms with Gasteiger partial charge in [0.2, 0.25) is 0 Å². The molecule has 0 aromatic rings. The number of thioether (sulfide) groups is 1. The number of nitrogens with one attached hydrogen (secondary N) is 1. The number of carboxylic acid groups (broad SMARTS) is 1. The van der Waals surface area contributed by atoms with E-state index in [2.05, 4.69) is 5.32 Å². The monoisotopic (exact) mass is 246 g/mol. The van der Waals surface area contributed by atoms with E-state index in [1.54, 1.807) is 11.8 Å². The van der Waals surface area contributed by atoms with Crippen molar-refractivity contribution in [3.63, 3.8) is 0 Å². The minimum atomic E-state index is -0.959. The van der Waals surface area contributed by atoms with Gasteiger partial charge < -0.3 is 15.3 Å². The van der Waals surface area contributed by atoms with Crippen LogP contribution in [0.2, 0.25) is 0 Å². The second-order valence-corrected chi connectivity index (χ2v) is 4.97. The van der Waals surface area contributed by atoms with Crippen LogP contribution < -0.4 is 5.32 Å². The summed E-state index contributed by atoms with van der Waals surface area (Å²) in [7, 11) is 0. The van der Waals surface area contributed by atoms with Crippen LogP contribution in [-0.4, -0.2) is 52.6 Å². The molecule has 0 radical (unpaired) electrons. The van der Waals surface area contributed by atoms with Gasteiger partial charge in [0.15, 0.2) is 0 Å². The largest absolute Gasteiger partial charge is 0.480 e. The fourth-order valence-electron chi connectivity index (χ4n) is 1.48. The smallest absolute Gasteiger partial charge is 0.323 e. The van der Waals surface area contributed by atoms with Crippen LogP contribution in [0.4, 0.5) is 4.79 Å². The van der Waals surface area contributed by atoms with Crippen LogP contribution in [0.15, 0.2) is 0 Å². The van der Waals surface area contributed by atoms with E-state index in [9.17, 15) is 9.59 Å². The number of carbonyl (C=O) groups is 2. The molecular formula is C10H18N2O3S. The molecule has 0 bridgehead atoms. The third kappa shape index (κ3) is 4.30. The molecule has 0 aromatic heterocycles. The lowest BCUT2D eigenvalue weighted by Crippen LogP contribution is -2.47. The Morgan fingerprint density at radius 1 is 1.56 bits per heavy atom. The molecule has 1 saturated carbocycles. The Hall–Kier alpha value is -0.910. The average molecular weight is 246 g/mol. The van der Waals surface area contributed by atoms with Gasteiger partial charge in [-0.15, -0.1) is 0 Å². The summed E-state index contributed by atoms with van der Waals surface area (Å²) >= 11 is 1.65. The normalized spacial score (nSPS) is 16.6. The Morgan fingerprint density at radius 3 is 2.62 bits per heavy atom. The molecule has 1 fully saturated rings. The predicted molar refractivity (Wildman–Crippen MR) is 63.7 cm³/mol. The zero-order chi connectivity index (χ0) is 12.1. The number of carbonyl (C=O) groups excluding carboxylic acids is 1. The van der Waals surface area contributed by atoms with Crippen LogP contribution in [0.3, 0.4) is 0 Å². The van der Waals surface area contributed by atoms with Gasteiger partial charge in [-0.2, -0.15) is 11.8 Å². The summed E-state index contributed by atoms with van der Waals surface area (Å²) in [6, 6.07) is -0.0680. The Morgan fingerprint density at radius 2 is 2.19 bits per heavy atom. The van der Waals surface area contributed by atoms with Gasteiger partial charge in [0.25, 0.3) is 0 Å². The van der Waals surface area contributed by atoms with Crippen molar-refractivity contribution in [2.75, 3.05) is 18.6 Å². The molecule has 5 nitrogen and oxygen atoms in total. The maximum Gasteiger partial charge on any atom is 0.323 e. The van der Waals surface area contributed by atoms with E-state index >= 15 is 0 Å². The Bertz CT molecular complexity index is 269. The van der Waals surface area contributed by atoms with E-state index in [1.807, 2.05) is 13.2 Å². The second kappa shape index (κ2) is 5.98. The molecular weight excluding hydrogens is 228 g/mol. The fourth-order valence-corrected chi connectivity index (χ4v) is 2.07. The molecule has 1 aliphatic rings. The molecule has 2 N–H and O–H groups in total. The third-order valence-corrected chi connectivity index (χ3v) is 3.17. The lowest BCUT2D eigenvalue weighted by atomic mass is 10.4. The van der Waals surface area contributed by atoms with Crippen LogP contribution in [-0.2, 0) is 4.79 Å². The molecule has 0 heterocycles. The van der Waals surface area contributed by atoms with Gasteiger partial charge in [-0.05, 0) is 26.0 Å². The number of amides is 2. The van der Waals surface area contributed by atoms with Gasteiger partial charge >= 0.3 is 12.0 Å². The van der Waals surface area contributed by atoms with Crippen molar-refractivity contribution in [3.8, 4) is 0 Å². The number of aliphatic carboxylic acids is 1. The maximum absolute atomic E-state index is 11.8. The minimum Gasteiger partial charge on any atom is -0.480 e. The van der Waals surface area contributed by atoms with Crippen molar-refractivity contribution in [2.45, 2.75) is 31.8 Å². The van der Waals surface area contributed by atoms with Crippen LogP contribution in [0.1, 0.15) is 19.8 Å². The summed E-state index contributed by atoms with van der Waals surface area (Å²) in [5.41, 5.74) is 0. The van der Waals surface area contributed by atoms with E-state index in [4.69, 9.17) is 5.11 Å². The summed E-state index contributed by atoms with van der Waals surface area (Å²) in [4.78, 5) is 23.8. The van der Waals surface area contributed by atoms with Crippen molar-refractivity contribution in [1.29, 1.82) is 0 Å². The zero-order valence-corrected chi connectivity index (χ0v) is 10.4. The van der Waals surface area contributed by atoms with E-state index < -0.39 is 5.97 Å². The first-order chi connectivity index (χ1) is 7.54. The summed E-state index contributed by atoms with van der Waals surface area (Å²) in [5, 5.41) is 11.5. The van der Waals surface area contributed by atoms with Crippen molar-refractivity contribution in [2.24, 2.45) is 0 Å². The number of carboxylic acids is 1. The molecule has 16 heavy (non-hydrogen) atoms. The van der Waals surface area contributed by atoms with Crippen LogP contribution in [0.5, 0.6) is 0 Å². The number of nitrogens with zero attached hydrogens (tertiary/aromatic N) is 1. The number of rotatable bonds is 6. The average Bonchev–Trinajstić information content (AvgIpc) is 2.97. The molecule has 1 rings (SSSR count). The lowest BCUT2D eigenvalue weighted by Gasteiger charge is -2.23. The Kier molecular flexibility index (Phi) is 4.92. The summed E-state index contributed by atoms with van der Waals surface area (Å²) in [6.45, 7) is 1.71. The quantitative estimate of drug-likeness (QED) is 0.733. The highest BCUT2D eigenvalue weighted by Gasteiger charge is 2.34. The SMILES string of the molecule is CSCC(C)NC(=O)N(CC(=O)O)C1CC1. The minimum absolute atomic E-state index is 0.0672. The van der Waals surface area contributed by atoms with Crippen LogP contribution in [0.25, 0.3) is 0 Å². The molecule has 0 spiro atoms. The Labute approximate surface area is 99.6 Å². The first-order valence-electron chi connectivity index (χ1n) is 5.32. The number of hydrogen-bond donors (Lipinski definition) is 2. The topological polar surface area (TPSA) is 69.6 Å². The zero-order valence-electron chi connectivity index (χ0n) is 9.60. The Balaban J connectivity index is 2.44. The standard InChI is InChI=1S/C10H18N2O3S/c1-7(6-16-2)11-10(15)12(5-9(13)14)8-3-4-8/h7-8H,3-6H2,1-2H3,(H,11,15)(H,13,14). The second-order valence-electron chi connectivity index (χ2n) is 4.06. The molecule has 1 unspecified atom stereocenters. The molecule has 6 heteroatoms. The van der Waals surface area contributed by atoms with Crippen LogP contribution in [0, 0.1) is 0 Å². The van der Waals surface area contributed by atoms with Crippen LogP contribution >= 0.6 is 11.8 Å². The first kappa shape index (κ1) is 13.2. The lowest BCUT2D eigenvalue weighted by molar-refractivity contribution is -0.137. The molecule has 0 saturated heterocycles. The fraction of sp³-hybridized carbons (Fsp3) is 0.800. The molecule has 1 aliphatic carbocycles. The number of urea groups is 1. The highest BCUT2D eigenvalue weighted by Crippen LogP contribution is 2.26. The molecule has 0 aliphatic heterocycles. The highest BCUT2D eigenvalue weighted by atomic mass is 32.2. The van der Waals surface area contributed by atoms with Crippen molar-refractivity contribution < 1.29 is 14.7 Å². The molecule has 2 amide bonds. The summed E-state index contributed by atoms with van der Waals surface area (Å²) in [5.74, 6) is -0.128. The van der Waals surface area contributed by atoms with Gasteiger partial charge in [0.05, 0.1) is 0 Å². The van der Waals surface area contributed by atoms with Crippen molar-refractivity contribution in [3.05, 3.63) is 0 Å². The van der Waals surface area contributed by atoms with Crippen molar-refractivity contribution >= 4 is 23.8 Å². The number of hydrogen-bond acceptors (Lipinski definition) is 3. The molecule has 92 valence electrons. The molecule has 1 atom stereocenters. The van der Waals surface area contributed by atoms with Gasteiger partial charge in [-0.3, -0.25) is 4.79 Å². The van der Waals surface area contributed by atoms with Gasteiger partial charge in [-0.1, -0.05) is 0 Å². The summed E-state index contributed by atoms with van der Waals surface area (Å²) < 4.78 is 0. The van der Waals surface area contributed by atoms with E-state index in [0.717, 1.165) is 18.6 Å². The van der Waals surface area contributed by atoms with E-state index in [1.165, 1.54) is 4.90 Å². The first-order valence-corrected chi connectivity index (χ1v) is 6.71. The van der Waals surface area contributed by atoms with Gasteiger partial charge in [0.1, 0.15) is 6.54 Å². The maximum atomic E-state index is 11.8. The van der Waals surface area contributed by atoms with Gasteiger partial charge in [-0.25, -0.2) is 4.79 Å². The van der Waals surface area contributed by atoms with E-state index in [0.29, 0.717) is 0 Å². The van der Waals surface area contributed by atoms with E-state index in [-0.39, 0.29) is 24.7 Å². The highest BCUT2D eigenvalue weighted by molar-refractivity contribution is 7.98. The van der Waals surface area contributed by atoms with Gasteiger partial charge in [0, 0.05) is 17.8 Å². The predicted octanol–water partition coefficient (Wildman–Crippen LogP) is 0.996. The summed E-state index contributed by atoms with van der Waals surface area (Å²) in [6.07, 6.45) is 3.80. The third-order valence-electron chi connectivity index (χ3n) is 2.34. The molecule has 0 aromatic carbocycles.